The maximum atomic E-state index is 13.0. The molecule has 1 fully saturated rings. The fourth-order valence-electron chi connectivity index (χ4n) is 2.21. The maximum Gasteiger partial charge on any atom is 0.324 e. The van der Waals surface area contributed by atoms with E-state index in [-0.39, 0.29) is 18.2 Å². The van der Waals surface area contributed by atoms with Crippen molar-refractivity contribution >= 4 is 18.4 Å². The van der Waals surface area contributed by atoms with Crippen LogP contribution in [0.3, 0.4) is 0 Å². The molecule has 0 unspecified atom stereocenters. The van der Waals surface area contributed by atoms with Crippen molar-refractivity contribution in [1.29, 1.82) is 0 Å². The lowest BCUT2D eigenvalue weighted by Gasteiger charge is -2.24. The lowest BCUT2D eigenvalue weighted by Crippen LogP contribution is -2.49. The second kappa shape index (κ2) is 5.47. The Hall–Kier alpha value is -1.13. The summed E-state index contributed by atoms with van der Waals surface area (Å²) in [6.45, 7) is 0.710. The predicted molar refractivity (Wildman–Crippen MR) is 65.0 cm³/mol. The van der Waals surface area contributed by atoms with E-state index in [1.807, 2.05) is 0 Å². The molecule has 1 aliphatic rings. The van der Waals surface area contributed by atoms with Crippen LogP contribution in [0, 0.1) is 5.82 Å². The molecule has 1 atom stereocenters. The third-order valence-corrected chi connectivity index (χ3v) is 3.05. The van der Waals surface area contributed by atoms with Crippen LogP contribution < -0.4 is 5.32 Å². The van der Waals surface area contributed by atoms with E-state index in [0.717, 1.165) is 12.0 Å². The van der Waals surface area contributed by atoms with Gasteiger partial charge >= 0.3 is 5.97 Å². The Morgan fingerprint density at radius 2 is 2.29 bits per heavy atom. The number of carboxylic acids is 1. The Morgan fingerprint density at radius 1 is 1.53 bits per heavy atom. The van der Waals surface area contributed by atoms with Crippen LogP contribution in [-0.4, -0.2) is 23.2 Å². The summed E-state index contributed by atoms with van der Waals surface area (Å²) >= 11 is 0. The fraction of sp³-hybridized carbons (Fsp3) is 0.417. The van der Waals surface area contributed by atoms with Crippen LogP contribution >= 0.6 is 12.4 Å². The van der Waals surface area contributed by atoms with Crippen LogP contribution in [0.5, 0.6) is 0 Å². The highest BCUT2D eigenvalue weighted by Gasteiger charge is 2.40. The summed E-state index contributed by atoms with van der Waals surface area (Å²) in [7, 11) is 0. The van der Waals surface area contributed by atoms with E-state index in [4.69, 9.17) is 0 Å². The van der Waals surface area contributed by atoms with Gasteiger partial charge in [-0.2, -0.15) is 0 Å². The molecule has 1 aromatic carbocycles. The van der Waals surface area contributed by atoms with Gasteiger partial charge in [-0.3, -0.25) is 4.79 Å². The molecule has 17 heavy (non-hydrogen) atoms. The van der Waals surface area contributed by atoms with E-state index >= 15 is 0 Å². The smallest absolute Gasteiger partial charge is 0.324 e. The molecule has 0 aliphatic carbocycles. The molecular formula is C12H15ClFNO2. The summed E-state index contributed by atoms with van der Waals surface area (Å²) in [5, 5.41) is 12.3. The largest absolute Gasteiger partial charge is 0.480 e. The van der Waals surface area contributed by atoms with Gasteiger partial charge in [-0.25, -0.2) is 4.39 Å². The third kappa shape index (κ3) is 2.96. The van der Waals surface area contributed by atoms with Gasteiger partial charge in [0.05, 0.1) is 0 Å². The molecule has 0 amide bonds. The van der Waals surface area contributed by atoms with Crippen molar-refractivity contribution in [3.05, 3.63) is 35.6 Å². The number of nitrogens with one attached hydrogen (secondary N) is 1. The quantitative estimate of drug-likeness (QED) is 0.873. The molecule has 0 aromatic heterocycles. The van der Waals surface area contributed by atoms with Gasteiger partial charge in [0.1, 0.15) is 11.4 Å². The zero-order chi connectivity index (χ0) is 11.6. The maximum absolute atomic E-state index is 13.0. The number of benzene rings is 1. The minimum absolute atomic E-state index is 0. The molecule has 0 saturated carbocycles. The van der Waals surface area contributed by atoms with Gasteiger partial charge in [-0.1, -0.05) is 12.1 Å². The van der Waals surface area contributed by atoms with Crippen LogP contribution in [0.4, 0.5) is 4.39 Å². The Kier molecular flexibility index (Phi) is 4.48. The predicted octanol–water partition coefficient (Wildman–Crippen LogP) is 2.00. The minimum Gasteiger partial charge on any atom is -0.480 e. The second-order valence-electron chi connectivity index (χ2n) is 4.22. The number of carbonyl (C=O) groups is 1. The number of aliphatic carboxylic acids is 1. The highest BCUT2D eigenvalue weighted by atomic mass is 35.5. The van der Waals surface area contributed by atoms with Gasteiger partial charge in [0.2, 0.25) is 0 Å². The molecule has 1 aromatic rings. The summed E-state index contributed by atoms with van der Waals surface area (Å²) in [5.74, 6) is -1.18. The third-order valence-electron chi connectivity index (χ3n) is 3.05. The molecule has 0 radical (unpaired) electrons. The fourth-order valence-corrected chi connectivity index (χ4v) is 2.21. The van der Waals surface area contributed by atoms with E-state index in [0.29, 0.717) is 19.4 Å². The first kappa shape index (κ1) is 13.9. The minimum atomic E-state index is -0.909. The molecule has 5 heteroatoms. The van der Waals surface area contributed by atoms with Gasteiger partial charge in [-0.05, 0) is 37.1 Å². The van der Waals surface area contributed by atoms with Crippen molar-refractivity contribution < 1.29 is 14.3 Å². The molecule has 3 nitrogen and oxygen atoms in total. The molecule has 1 saturated heterocycles. The van der Waals surface area contributed by atoms with E-state index in [9.17, 15) is 14.3 Å². The van der Waals surface area contributed by atoms with Crippen molar-refractivity contribution in [2.24, 2.45) is 0 Å². The Bertz CT molecular complexity index is 405. The summed E-state index contributed by atoms with van der Waals surface area (Å²) in [6.07, 6.45) is 1.78. The molecule has 0 bridgehead atoms. The van der Waals surface area contributed by atoms with Gasteiger partial charge in [-0.15, -0.1) is 12.4 Å². The van der Waals surface area contributed by atoms with Crippen LogP contribution in [0.2, 0.25) is 0 Å². The van der Waals surface area contributed by atoms with Gasteiger partial charge in [0.15, 0.2) is 0 Å². The zero-order valence-corrected chi connectivity index (χ0v) is 10.1. The number of halogens is 2. The Labute approximate surface area is 105 Å². The van der Waals surface area contributed by atoms with Crippen LogP contribution in [0.25, 0.3) is 0 Å². The standard InChI is InChI=1S/C12H14FNO2.ClH/c13-10-4-1-3-9(7-10)8-12(11(15)16)5-2-6-14-12;/h1,3-4,7,14H,2,5-6,8H2,(H,15,16);1H/t12-;/m0./s1. The van der Waals surface area contributed by atoms with E-state index in [2.05, 4.69) is 5.32 Å². The second-order valence-corrected chi connectivity index (χ2v) is 4.22. The highest BCUT2D eigenvalue weighted by Crippen LogP contribution is 2.24. The molecule has 1 heterocycles. The molecule has 94 valence electrons. The molecule has 0 spiro atoms. The molecule has 2 N–H and O–H groups in total. The first-order chi connectivity index (χ1) is 7.62. The van der Waals surface area contributed by atoms with Gasteiger partial charge < -0.3 is 10.4 Å². The Morgan fingerprint density at radius 3 is 2.82 bits per heavy atom. The average Bonchev–Trinajstić information content (AvgIpc) is 2.67. The lowest BCUT2D eigenvalue weighted by atomic mass is 9.89. The number of carboxylic acid groups (broad SMARTS) is 1. The van der Waals surface area contributed by atoms with Crippen LogP contribution in [-0.2, 0) is 11.2 Å². The highest BCUT2D eigenvalue weighted by molar-refractivity contribution is 5.85. The Balaban J connectivity index is 0.00000144. The lowest BCUT2D eigenvalue weighted by molar-refractivity contribution is -0.144. The zero-order valence-electron chi connectivity index (χ0n) is 9.28. The van der Waals surface area contributed by atoms with Gasteiger partial charge in [0, 0.05) is 6.42 Å². The monoisotopic (exact) mass is 259 g/mol. The van der Waals surface area contributed by atoms with Gasteiger partial charge in [0.25, 0.3) is 0 Å². The number of hydrogen-bond acceptors (Lipinski definition) is 2. The summed E-state index contributed by atoms with van der Waals surface area (Å²) in [6, 6.07) is 6.12. The van der Waals surface area contributed by atoms with E-state index in [1.54, 1.807) is 12.1 Å². The van der Waals surface area contributed by atoms with E-state index < -0.39 is 11.5 Å². The molecule has 2 rings (SSSR count). The van der Waals surface area contributed by atoms with Crippen molar-refractivity contribution in [3.8, 4) is 0 Å². The van der Waals surface area contributed by atoms with Crippen molar-refractivity contribution in [2.75, 3.05) is 6.54 Å². The summed E-state index contributed by atoms with van der Waals surface area (Å²) in [4.78, 5) is 11.3. The summed E-state index contributed by atoms with van der Waals surface area (Å²) in [5.41, 5.74) is -0.190. The first-order valence-electron chi connectivity index (χ1n) is 5.35. The van der Waals surface area contributed by atoms with Crippen molar-refractivity contribution in [2.45, 2.75) is 24.8 Å². The SMILES string of the molecule is Cl.O=C(O)[C@@]1(Cc2cccc(F)c2)CCCN1. The van der Waals surface area contributed by atoms with Crippen molar-refractivity contribution in [1.82, 2.24) is 5.32 Å². The molecular weight excluding hydrogens is 245 g/mol. The molecule has 1 aliphatic heterocycles. The van der Waals surface area contributed by atoms with Crippen LogP contribution in [0.15, 0.2) is 24.3 Å². The topological polar surface area (TPSA) is 49.3 Å². The normalized spacial score (nSPS) is 23.1. The van der Waals surface area contributed by atoms with E-state index in [1.165, 1.54) is 12.1 Å². The van der Waals surface area contributed by atoms with Crippen LogP contribution in [0.1, 0.15) is 18.4 Å². The number of rotatable bonds is 3. The first-order valence-corrected chi connectivity index (χ1v) is 5.35. The number of hydrogen-bond donors (Lipinski definition) is 2. The average molecular weight is 260 g/mol. The summed E-state index contributed by atoms with van der Waals surface area (Å²) < 4.78 is 13.0. The van der Waals surface area contributed by atoms with Crippen molar-refractivity contribution in [3.63, 3.8) is 0 Å².